The van der Waals surface area contributed by atoms with E-state index >= 15 is 0 Å². The van der Waals surface area contributed by atoms with Crippen LogP contribution in [0.25, 0.3) is 10.1 Å². The highest BCUT2D eigenvalue weighted by Gasteiger charge is 2.45. The highest BCUT2D eigenvalue weighted by Crippen LogP contribution is 2.42. The third-order valence-electron chi connectivity index (χ3n) is 8.76. The molecule has 0 bridgehead atoms. The number of anilines is 2. The number of benzene rings is 3. The normalized spacial score (nSPS) is 17.4. The number of halogens is 7. The van der Waals surface area contributed by atoms with Crippen molar-refractivity contribution in [1.29, 1.82) is 0 Å². The van der Waals surface area contributed by atoms with Crippen LogP contribution in [0.2, 0.25) is 0 Å². The van der Waals surface area contributed by atoms with Gasteiger partial charge in [-0.2, -0.15) is 26.3 Å². The lowest BCUT2D eigenvalue weighted by atomic mass is 9.87. The molecule has 1 atom stereocenters. The third kappa shape index (κ3) is 6.73. The van der Waals surface area contributed by atoms with E-state index in [1.54, 1.807) is 23.1 Å². The molecular weight excluding hydrogens is 695 g/mol. The predicted molar refractivity (Wildman–Crippen MR) is 170 cm³/mol. The molecule has 8 nitrogen and oxygen atoms in total. The number of carbonyl (C=O) groups excluding carboxylic acids is 3. The molecule has 6 rings (SSSR count). The molecule has 16 heteroatoms. The Morgan fingerprint density at radius 3 is 2.32 bits per heavy atom. The molecule has 2 N–H and O–H groups in total. The fourth-order valence-electron chi connectivity index (χ4n) is 6.03. The first-order valence-electron chi connectivity index (χ1n) is 15.2. The molecule has 2 aliphatic rings. The quantitative estimate of drug-likeness (QED) is 0.189. The molecule has 3 aromatic carbocycles. The molecule has 2 saturated heterocycles. The molecule has 50 heavy (non-hydrogen) atoms. The Morgan fingerprint density at radius 2 is 1.68 bits per heavy atom. The first-order chi connectivity index (χ1) is 23.5. The second-order valence-electron chi connectivity index (χ2n) is 12.4. The minimum atomic E-state index is -5.07. The van der Waals surface area contributed by atoms with E-state index in [0.29, 0.717) is 56.2 Å². The Morgan fingerprint density at radius 1 is 0.940 bits per heavy atom. The van der Waals surface area contributed by atoms with Gasteiger partial charge < -0.3 is 25.0 Å². The van der Waals surface area contributed by atoms with Crippen LogP contribution < -0.4 is 15.4 Å². The summed E-state index contributed by atoms with van der Waals surface area (Å²) >= 11 is 0.576. The largest absolute Gasteiger partial charge is 0.496 e. The summed E-state index contributed by atoms with van der Waals surface area (Å²) in [4.78, 5) is 41.8. The SMILES string of the molecule is COc1ccc(C2CCN(C(=O)C3(C)COC3)C2)cc1C(=O)Nc1c(C(=O)Nc2ccc(F)c(C(F)(F)F)c2)sc2cc(C(F)(F)F)ccc12. The van der Waals surface area contributed by atoms with Crippen molar-refractivity contribution in [1.82, 2.24) is 4.90 Å². The van der Waals surface area contributed by atoms with Gasteiger partial charge in [0, 0.05) is 34.8 Å². The van der Waals surface area contributed by atoms with Gasteiger partial charge in [0.2, 0.25) is 5.91 Å². The summed E-state index contributed by atoms with van der Waals surface area (Å²) in [5, 5.41) is 4.89. The zero-order valence-corrected chi connectivity index (χ0v) is 27.2. The van der Waals surface area contributed by atoms with Crippen molar-refractivity contribution in [3.63, 3.8) is 0 Å². The van der Waals surface area contributed by atoms with E-state index < -0.39 is 52.2 Å². The molecule has 3 amide bonds. The van der Waals surface area contributed by atoms with Gasteiger partial charge in [0.15, 0.2) is 0 Å². The maximum atomic E-state index is 13.9. The van der Waals surface area contributed by atoms with Crippen molar-refractivity contribution >= 4 is 50.5 Å². The summed E-state index contributed by atoms with van der Waals surface area (Å²) in [6.07, 6.45) is -9.18. The second kappa shape index (κ2) is 12.9. The fourth-order valence-corrected chi connectivity index (χ4v) is 7.13. The van der Waals surface area contributed by atoms with E-state index in [1.807, 2.05) is 6.92 Å². The summed E-state index contributed by atoms with van der Waals surface area (Å²) in [7, 11) is 1.33. The van der Waals surface area contributed by atoms with Gasteiger partial charge in [-0.05, 0) is 61.4 Å². The van der Waals surface area contributed by atoms with Gasteiger partial charge in [-0.1, -0.05) is 12.1 Å². The Hall–Kier alpha value is -4.70. The first-order valence-corrected chi connectivity index (χ1v) is 16.0. The lowest BCUT2D eigenvalue weighted by molar-refractivity contribution is -0.167. The van der Waals surface area contributed by atoms with Crippen molar-refractivity contribution in [2.24, 2.45) is 5.41 Å². The van der Waals surface area contributed by atoms with E-state index in [-0.39, 0.29) is 43.8 Å². The number of nitrogens with zero attached hydrogens (tertiary/aromatic N) is 1. The minimum absolute atomic E-state index is 0.0168. The van der Waals surface area contributed by atoms with Crippen LogP contribution >= 0.6 is 11.3 Å². The number of likely N-dealkylation sites (tertiary alicyclic amines) is 1. The topological polar surface area (TPSA) is 97.0 Å². The molecule has 0 aliphatic carbocycles. The maximum absolute atomic E-state index is 13.9. The third-order valence-corrected chi connectivity index (χ3v) is 9.92. The summed E-state index contributed by atoms with van der Waals surface area (Å²) < 4.78 is 105. The fraction of sp³-hybridized carbons (Fsp3) is 0.324. The zero-order valence-electron chi connectivity index (χ0n) is 26.4. The smallest absolute Gasteiger partial charge is 0.419 e. The molecule has 4 aromatic rings. The highest BCUT2D eigenvalue weighted by molar-refractivity contribution is 7.21. The van der Waals surface area contributed by atoms with Gasteiger partial charge in [0.1, 0.15) is 16.4 Å². The standard InChI is InChI=1S/C34H28F7N3O5S/c1-32(15-49-16-32)31(47)44-10-9-18(14-44)17-3-8-25(48-2)22(11-17)29(45)43-27-21-6-4-19(33(36,37)38)12-26(21)50-28(27)30(46)42-20-5-7-24(35)23(13-20)34(39,40)41/h3-8,11-13,18H,9-10,14-16H2,1-2H3,(H,42,46)(H,43,45). The van der Waals surface area contributed by atoms with Gasteiger partial charge in [0.25, 0.3) is 11.8 Å². The van der Waals surface area contributed by atoms with Gasteiger partial charge >= 0.3 is 12.4 Å². The van der Waals surface area contributed by atoms with Gasteiger partial charge in [-0.15, -0.1) is 11.3 Å². The molecule has 3 heterocycles. The Labute approximate surface area is 284 Å². The molecule has 1 aromatic heterocycles. The molecule has 1 unspecified atom stereocenters. The van der Waals surface area contributed by atoms with Crippen LogP contribution in [0, 0.1) is 11.2 Å². The summed E-state index contributed by atoms with van der Waals surface area (Å²) in [5.74, 6) is -3.41. The molecule has 0 radical (unpaired) electrons. The van der Waals surface area contributed by atoms with Crippen LogP contribution in [0.4, 0.5) is 42.1 Å². The number of thiophene rings is 1. The molecule has 0 spiro atoms. The lowest BCUT2D eigenvalue weighted by Gasteiger charge is -2.39. The average Bonchev–Trinajstić information content (AvgIpc) is 3.68. The monoisotopic (exact) mass is 723 g/mol. The molecule has 2 aliphatic heterocycles. The molecule has 2 fully saturated rings. The number of ether oxygens (including phenoxy) is 2. The van der Waals surface area contributed by atoms with Gasteiger partial charge in [-0.25, -0.2) is 4.39 Å². The van der Waals surface area contributed by atoms with E-state index in [4.69, 9.17) is 9.47 Å². The van der Waals surface area contributed by atoms with E-state index in [9.17, 15) is 45.1 Å². The number of amides is 3. The van der Waals surface area contributed by atoms with Crippen molar-refractivity contribution in [3.05, 3.63) is 87.5 Å². The molecule has 264 valence electrons. The number of hydrogen-bond donors (Lipinski definition) is 2. The maximum Gasteiger partial charge on any atom is 0.419 e. The van der Waals surface area contributed by atoms with Crippen LogP contribution in [-0.4, -0.2) is 56.0 Å². The zero-order chi connectivity index (χ0) is 36.2. The van der Waals surface area contributed by atoms with Crippen LogP contribution in [0.1, 0.15) is 56.0 Å². The van der Waals surface area contributed by atoms with Crippen molar-refractivity contribution < 1.29 is 54.6 Å². The number of carbonyl (C=O) groups is 3. The van der Waals surface area contributed by atoms with Gasteiger partial charge in [-0.3, -0.25) is 14.4 Å². The van der Waals surface area contributed by atoms with Crippen LogP contribution in [-0.2, 0) is 21.9 Å². The molecular formula is C34H28F7N3O5S. The number of hydrogen-bond acceptors (Lipinski definition) is 6. The lowest BCUT2D eigenvalue weighted by Crippen LogP contribution is -2.52. The highest BCUT2D eigenvalue weighted by atomic mass is 32.1. The minimum Gasteiger partial charge on any atom is -0.496 e. The summed E-state index contributed by atoms with van der Waals surface area (Å²) in [5.41, 5.74) is -3.12. The summed E-state index contributed by atoms with van der Waals surface area (Å²) in [6.45, 7) is 3.43. The van der Waals surface area contributed by atoms with Crippen LogP contribution in [0.15, 0.2) is 54.6 Å². The van der Waals surface area contributed by atoms with Crippen molar-refractivity contribution in [2.75, 3.05) is 44.0 Å². The van der Waals surface area contributed by atoms with Crippen LogP contribution in [0.3, 0.4) is 0 Å². The van der Waals surface area contributed by atoms with E-state index in [1.165, 1.54) is 7.11 Å². The van der Waals surface area contributed by atoms with Crippen LogP contribution in [0.5, 0.6) is 5.75 Å². The number of methoxy groups -OCH3 is 1. The van der Waals surface area contributed by atoms with E-state index in [0.717, 1.165) is 29.8 Å². The predicted octanol–water partition coefficient (Wildman–Crippen LogP) is 7.94. The number of fused-ring (bicyclic) bond motifs is 1. The second-order valence-corrected chi connectivity index (χ2v) is 13.4. The Kier molecular flexibility index (Phi) is 9.05. The molecule has 0 saturated carbocycles. The average molecular weight is 724 g/mol. The number of rotatable bonds is 7. The Balaban J connectivity index is 1.32. The van der Waals surface area contributed by atoms with E-state index in [2.05, 4.69) is 10.6 Å². The number of alkyl halides is 6. The van der Waals surface area contributed by atoms with Gasteiger partial charge in [0.05, 0.1) is 48.1 Å². The van der Waals surface area contributed by atoms with Crippen molar-refractivity contribution in [2.45, 2.75) is 31.6 Å². The number of nitrogens with one attached hydrogen (secondary N) is 2. The van der Waals surface area contributed by atoms with Crippen molar-refractivity contribution in [3.8, 4) is 5.75 Å². The summed E-state index contributed by atoms with van der Waals surface area (Å²) in [6, 6.07) is 9.33. The Bertz CT molecular complexity index is 2010. The first kappa shape index (κ1) is 35.1.